The Kier molecular flexibility index (Phi) is 8.17. The molecule has 43 heavy (non-hydrogen) atoms. The second-order valence-corrected chi connectivity index (χ2v) is 13.7. The minimum absolute atomic E-state index is 0.0580. The fourth-order valence-corrected chi connectivity index (χ4v) is 7.68. The van der Waals surface area contributed by atoms with Crippen molar-refractivity contribution >= 4 is 43.7 Å². The molecule has 2 fully saturated rings. The zero-order valence-corrected chi connectivity index (χ0v) is 25.2. The smallest absolute Gasteiger partial charge is 0.261 e. The van der Waals surface area contributed by atoms with Crippen LogP contribution in [0.2, 0.25) is 0 Å². The summed E-state index contributed by atoms with van der Waals surface area (Å²) >= 11 is 0. The van der Waals surface area contributed by atoms with E-state index < -0.39 is 9.52 Å². The van der Waals surface area contributed by atoms with Crippen molar-refractivity contribution in [3.8, 4) is 11.3 Å². The number of rotatable bonds is 7. The molecule has 0 radical (unpaired) electrons. The normalized spacial score (nSPS) is 19.3. The number of pyridine rings is 2. The molecule has 4 aromatic rings. The van der Waals surface area contributed by atoms with E-state index in [4.69, 9.17) is 4.74 Å². The quantitative estimate of drug-likeness (QED) is 0.304. The van der Waals surface area contributed by atoms with Crippen LogP contribution in [0, 0.1) is 5.82 Å². The number of aryl methyl sites for hydroxylation is 1. The molecule has 0 amide bonds. The third kappa shape index (κ3) is 5.86. The van der Waals surface area contributed by atoms with Crippen molar-refractivity contribution in [3.05, 3.63) is 65.0 Å². The maximum Gasteiger partial charge on any atom is 0.261 e. The molecule has 0 bridgehead atoms. The van der Waals surface area contributed by atoms with Gasteiger partial charge in [-0.15, -0.1) is 0 Å². The molecule has 10 nitrogen and oxygen atoms in total. The van der Waals surface area contributed by atoms with Gasteiger partial charge in [-0.2, -0.15) is 4.98 Å². The second-order valence-electron chi connectivity index (χ2n) is 11.1. The Morgan fingerprint density at radius 1 is 1.16 bits per heavy atom. The van der Waals surface area contributed by atoms with Gasteiger partial charge in [0.2, 0.25) is 5.95 Å². The lowest BCUT2D eigenvalue weighted by atomic mass is 10.1. The molecule has 0 spiro atoms. The topological polar surface area (TPSA) is 114 Å². The Labute approximate surface area is 250 Å². The lowest BCUT2D eigenvalue weighted by Crippen LogP contribution is -2.49. The Morgan fingerprint density at radius 2 is 1.98 bits per heavy atom. The largest absolute Gasteiger partial charge is 0.381 e. The monoisotopic (exact) mass is 605 g/mol. The van der Waals surface area contributed by atoms with Gasteiger partial charge >= 0.3 is 0 Å². The number of hydrogen-bond donors (Lipinski definition) is 2. The van der Waals surface area contributed by atoms with Gasteiger partial charge in [-0.3, -0.25) is 18.6 Å². The third-order valence-corrected chi connectivity index (χ3v) is 10.8. The van der Waals surface area contributed by atoms with Crippen LogP contribution in [0.5, 0.6) is 0 Å². The van der Waals surface area contributed by atoms with E-state index in [1.807, 2.05) is 11.8 Å². The van der Waals surface area contributed by atoms with Gasteiger partial charge in [-0.1, -0.05) is 0 Å². The van der Waals surface area contributed by atoms with Crippen molar-refractivity contribution in [3.63, 3.8) is 0 Å². The molecule has 12 heteroatoms. The number of nitrogens with one attached hydrogen (secondary N) is 2. The van der Waals surface area contributed by atoms with Crippen LogP contribution in [0.25, 0.3) is 22.3 Å². The first-order valence-electron chi connectivity index (χ1n) is 14.6. The minimum atomic E-state index is -2.54. The number of fused-ring (bicyclic) bond motifs is 1. The third-order valence-electron chi connectivity index (χ3n) is 8.17. The summed E-state index contributed by atoms with van der Waals surface area (Å²) in [4.78, 5) is 29.7. The number of anilines is 3. The second kappa shape index (κ2) is 12.0. The molecule has 6 rings (SSSR count). The standard InChI is InChI=1S/C31H36FN7O3S/c1-4-39-29-21(15-25(30(39)40)27-7-6-24(18-34-27)43(3,41)23-9-13-42-14-10-23)17-35-31(37-29)36-22-5-8-28(26(32)16-22)38-12-11-33-20(2)19-38/h5-8,15-18,20,23,33H,3-4,9-14,19H2,1-2H3,(H,35,36,37). The lowest BCUT2D eigenvalue weighted by molar-refractivity contribution is 0.0991. The molecule has 1 aromatic carbocycles. The number of benzene rings is 1. The number of piperazine rings is 1. The fourth-order valence-electron chi connectivity index (χ4n) is 5.81. The molecule has 2 unspecified atom stereocenters. The molecule has 0 saturated carbocycles. The van der Waals surface area contributed by atoms with Gasteiger partial charge in [0.1, 0.15) is 11.5 Å². The van der Waals surface area contributed by atoms with Gasteiger partial charge in [-0.25, -0.2) is 9.37 Å². The van der Waals surface area contributed by atoms with Crippen LogP contribution in [0.4, 0.5) is 21.7 Å². The van der Waals surface area contributed by atoms with E-state index in [9.17, 15) is 9.00 Å². The molecular formula is C31H36FN7O3S. The van der Waals surface area contributed by atoms with Gasteiger partial charge in [0.05, 0.1) is 16.9 Å². The van der Waals surface area contributed by atoms with Crippen LogP contribution in [0.1, 0.15) is 26.7 Å². The molecule has 3 aromatic heterocycles. The number of hydrogen-bond acceptors (Lipinski definition) is 9. The summed E-state index contributed by atoms with van der Waals surface area (Å²) in [6.07, 6.45) is 4.59. The van der Waals surface area contributed by atoms with Crippen molar-refractivity contribution < 1.29 is 13.3 Å². The molecular weight excluding hydrogens is 569 g/mol. The minimum Gasteiger partial charge on any atom is -0.381 e. The summed E-state index contributed by atoms with van der Waals surface area (Å²) < 4.78 is 35.5. The Morgan fingerprint density at radius 3 is 2.67 bits per heavy atom. The number of aromatic nitrogens is 4. The van der Waals surface area contributed by atoms with Crippen LogP contribution < -0.4 is 21.1 Å². The molecule has 2 aliphatic rings. The summed E-state index contributed by atoms with van der Waals surface area (Å²) in [5.74, 6) is 3.97. The van der Waals surface area contributed by atoms with Gasteiger partial charge in [0.15, 0.2) is 0 Å². The summed E-state index contributed by atoms with van der Waals surface area (Å²) in [5, 5.41) is 7.05. The predicted molar refractivity (Wildman–Crippen MR) is 169 cm³/mol. The van der Waals surface area contributed by atoms with E-state index in [1.165, 1.54) is 6.07 Å². The SMILES string of the molecule is C=S(=O)(c1ccc(-c2cc3cnc(Nc4ccc(N5CCNC(C)C5)c(F)c4)nc3n(CC)c2=O)nc1)C1CCOCC1. The number of ether oxygens (including phenoxy) is 1. The highest BCUT2D eigenvalue weighted by molar-refractivity contribution is 8.00. The van der Waals surface area contributed by atoms with Gasteiger partial charge in [0.25, 0.3) is 5.56 Å². The highest BCUT2D eigenvalue weighted by atomic mass is 32.2. The van der Waals surface area contributed by atoms with Crippen LogP contribution >= 0.6 is 0 Å². The van der Waals surface area contributed by atoms with E-state index in [0.29, 0.717) is 71.2 Å². The van der Waals surface area contributed by atoms with Gasteiger partial charge < -0.3 is 20.3 Å². The van der Waals surface area contributed by atoms with Crippen molar-refractivity contribution in [1.82, 2.24) is 24.8 Å². The van der Waals surface area contributed by atoms with E-state index in [0.717, 1.165) is 19.6 Å². The average molecular weight is 606 g/mol. The zero-order valence-electron chi connectivity index (χ0n) is 24.4. The van der Waals surface area contributed by atoms with Crippen LogP contribution in [0.3, 0.4) is 0 Å². The summed E-state index contributed by atoms with van der Waals surface area (Å²) in [5.41, 5.74) is 2.15. The van der Waals surface area contributed by atoms with Crippen LogP contribution in [0.15, 0.2) is 58.5 Å². The zero-order chi connectivity index (χ0) is 30.1. The number of halogens is 1. The predicted octanol–water partition coefficient (Wildman–Crippen LogP) is 3.81. The Bertz CT molecular complexity index is 1810. The maximum absolute atomic E-state index is 15.1. The Hall–Kier alpha value is -3.87. The van der Waals surface area contributed by atoms with E-state index >= 15 is 4.39 Å². The highest BCUT2D eigenvalue weighted by Crippen LogP contribution is 2.27. The first-order chi connectivity index (χ1) is 20.7. The molecule has 2 aliphatic heterocycles. The highest BCUT2D eigenvalue weighted by Gasteiger charge is 2.25. The van der Waals surface area contributed by atoms with Crippen molar-refractivity contribution in [1.29, 1.82) is 0 Å². The lowest BCUT2D eigenvalue weighted by Gasteiger charge is -2.33. The Balaban J connectivity index is 1.26. The van der Waals surface area contributed by atoms with Gasteiger partial charge in [0, 0.05) is 88.6 Å². The van der Waals surface area contributed by atoms with Gasteiger partial charge in [-0.05, 0) is 69.0 Å². The summed E-state index contributed by atoms with van der Waals surface area (Å²) in [6.45, 7) is 7.77. The van der Waals surface area contributed by atoms with Crippen molar-refractivity contribution in [2.75, 3.05) is 43.1 Å². The molecule has 2 saturated heterocycles. The van der Waals surface area contributed by atoms with E-state index in [-0.39, 0.29) is 28.6 Å². The number of nitrogens with zero attached hydrogens (tertiary/aromatic N) is 5. The van der Waals surface area contributed by atoms with E-state index in [1.54, 1.807) is 47.3 Å². The van der Waals surface area contributed by atoms with Crippen LogP contribution in [-0.4, -0.2) is 73.7 Å². The molecule has 226 valence electrons. The molecule has 5 heterocycles. The van der Waals surface area contributed by atoms with Crippen molar-refractivity contribution in [2.24, 2.45) is 0 Å². The average Bonchev–Trinajstić information content (AvgIpc) is 3.01. The maximum atomic E-state index is 15.1. The summed E-state index contributed by atoms with van der Waals surface area (Å²) in [6, 6.07) is 10.5. The molecule has 0 aliphatic carbocycles. The summed E-state index contributed by atoms with van der Waals surface area (Å²) in [7, 11) is -2.54. The molecule has 2 N–H and O–H groups in total. The first-order valence-corrected chi connectivity index (χ1v) is 16.4. The van der Waals surface area contributed by atoms with E-state index in [2.05, 4.69) is 38.4 Å². The molecule has 2 atom stereocenters. The first kappa shape index (κ1) is 29.2. The fraction of sp³-hybridized carbons (Fsp3) is 0.387. The van der Waals surface area contributed by atoms with Crippen molar-refractivity contribution in [2.45, 2.75) is 49.4 Å². The van der Waals surface area contributed by atoms with Crippen LogP contribution in [-0.2, 0) is 20.8 Å².